The Balaban J connectivity index is 0.000000606. The van der Waals surface area contributed by atoms with Crippen LogP contribution in [0.15, 0.2) is 109 Å². The Hall–Kier alpha value is -4.98. The van der Waals surface area contributed by atoms with Crippen LogP contribution in [0.2, 0.25) is 0 Å². The molecule has 242 valence electrons. The third-order valence-corrected chi connectivity index (χ3v) is 7.31. The second-order valence-corrected chi connectivity index (χ2v) is 12.2. The van der Waals surface area contributed by atoms with E-state index in [0.29, 0.717) is 36.9 Å². The maximum Gasteiger partial charge on any atom is 0.410 e. The van der Waals surface area contributed by atoms with Crippen LogP contribution in [0.4, 0.5) is 16.2 Å². The van der Waals surface area contributed by atoms with Crippen LogP contribution in [-0.4, -0.2) is 42.2 Å². The third-order valence-electron chi connectivity index (χ3n) is 7.31. The van der Waals surface area contributed by atoms with Crippen LogP contribution in [0.3, 0.4) is 0 Å². The summed E-state index contributed by atoms with van der Waals surface area (Å²) >= 11 is 0. The van der Waals surface area contributed by atoms with E-state index >= 15 is 0 Å². The van der Waals surface area contributed by atoms with Gasteiger partial charge < -0.3 is 30.2 Å². The van der Waals surface area contributed by atoms with E-state index in [1.165, 1.54) is 0 Å². The van der Waals surface area contributed by atoms with Crippen LogP contribution in [-0.2, 0) is 22.7 Å². The number of para-hydroxylation sites is 1. The molecule has 0 bridgehead atoms. The number of amides is 1. The number of carbonyl (C=O) groups is 2. The number of likely N-dealkylation sites (tertiary alicyclic amines) is 1. The average molecular weight is 624 g/mol. The predicted molar refractivity (Wildman–Crippen MR) is 183 cm³/mol. The number of hydrogen-bond acceptors (Lipinski definition) is 7. The Morgan fingerprint density at radius 1 is 0.804 bits per heavy atom. The Morgan fingerprint density at radius 3 is 1.91 bits per heavy atom. The van der Waals surface area contributed by atoms with Gasteiger partial charge in [0.2, 0.25) is 0 Å². The highest BCUT2D eigenvalue weighted by atomic mass is 16.6. The van der Waals surface area contributed by atoms with Crippen molar-refractivity contribution in [2.45, 2.75) is 52.4 Å². The number of anilines is 2. The summed E-state index contributed by atoms with van der Waals surface area (Å²) in [7, 11) is 0. The second-order valence-electron chi connectivity index (χ2n) is 12.2. The summed E-state index contributed by atoms with van der Waals surface area (Å²) in [5.41, 5.74) is 8.88. The molecule has 3 N–H and O–H groups in total. The molecular weight excluding hydrogens is 578 g/mol. The van der Waals surface area contributed by atoms with Crippen LogP contribution < -0.4 is 15.8 Å². The Bertz CT molecular complexity index is 1500. The molecule has 0 spiro atoms. The van der Waals surface area contributed by atoms with Crippen molar-refractivity contribution in [3.05, 3.63) is 126 Å². The first-order valence-electron chi connectivity index (χ1n) is 15.7. The number of esters is 1. The molecule has 0 atom stereocenters. The van der Waals surface area contributed by atoms with E-state index < -0.39 is 11.6 Å². The summed E-state index contributed by atoms with van der Waals surface area (Å²) in [4.78, 5) is 27.1. The fraction of sp³-hybridized carbons (Fsp3) is 0.316. The molecule has 1 heterocycles. The summed E-state index contributed by atoms with van der Waals surface area (Å²) in [5, 5.41) is 3.49. The van der Waals surface area contributed by atoms with Gasteiger partial charge in [-0.25, -0.2) is 9.59 Å². The number of piperidine rings is 1. The summed E-state index contributed by atoms with van der Waals surface area (Å²) in [5.74, 6) is 0.470. The number of nitrogens with two attached hydrogens (primary N) is 1. The van der Waals surface area contributed by atoms with Crippen molar-refractivity contribution in [3.63, 3.8) is 0 Å². The topological polar surface area (TPSA) is 103 Å². The third kappa shape index (κ3) is 11.5. The lowest BCUT2D eigenvalue weighted by atomic mass is 9.97. The normalized spacial score (nSPS) is 13.2. The fourth-order valence-electron chi connectivity index (χ4n) is 4.82. The van der Waals surface area contributed by atoms with Gasteiger partial charge in [0.1, 0.15) is 30.1 Å². The quantitative estimate of drug-likeness (QED) is 0.144. The van der Waals surface area contributed by atoms with Gasteiger partial charge >= 0.3 is 12.1 Å². The van der Waals surface area contributed by atoms with Gasteiger partial charge in [-0.15, -0.1) is 0 Å². The summed E-state index contributed by atoms with van der Waals surface area (Å²) in [6.07, 6.45) is 1.55. The van der Waals surface area contributed by atoms with Crippen LogP contribution >= 0.6 is 0 Å². The summed E-state index contributed by atoms with van der Waals surface area (Å²) in [6, 6.07) is 34.4. The first-order valence-corrected chi connectivity index (χ1v) is 15.7. The number of hydrogen-bond donors (Lipinski definition) is 2. The van der Waals surface area contributed by atoms with Crippen LogP contribution in [0.1, 0.15) is 55.1 Å². The molecule has 4 aromatic carbocycles. The molecule has 5 rings (SSSR count). The smallest absolute Gasteiger partial charge is 0.410 e. The Labute approximate surface area is 272 Å². The average Bonchev–Trinajstić information content (AvgIpc) is 3.06. The summed E-state index contributed by atoms with van der Waals surface area (Å²) < 4.78 is 17.2. The molecule has 0 radical (unpaired) electrons. The highest BCUT2D eigenvalue weighted by molar-refractivity contribution is 5.93. The molecule has 1 fully saturated rings. The zero-order valence-electron chi connectivity index (χ0n) is 27.0. The first kappa shape index (κ1) is 33.9. The van der Waals surface area contributed by atoms with E-state index in [1.807, 2.05) is 124 Å². The second kappa shape index (κ2) is 16.9. The molecular formula is C38H45N3O5. The molecule has 0 aliphatic carbocycles. The van der Waals surface area contributed by atoms with E-state index in [2.05, 4.69) is 5.32 Å². The van der Waals surface area contributed by atoms with Gasteiger partial charge in [0.15, 0.2) is 0 Å². The largest absolute Gasteiger partial charge is 0.488 e. The standard InChI is InChI=1S/C32H38N2O5.C6H7N/c1-32(2,3)39-31(36)34-18-16-24(17-19-34)21-33-27-14-15-28(30(35)38-23-26-12-8-5-9-13-26)29(20-27)37-22-25-10-6-4-7-11-25;7-6-4-2-1-3-5-6/h4-15,20,24,33H,16-19,21-23H2,1-3H3;1-5H,7H2. The van der Waals surface area contributed by atoms with E-state index in [0.717, 1.165) is 41.9 Å². The minimum Gasteiger partial charge on any atom is -0.488 e. The van der Waals surface area contributed by atoms with Crippen LogP contribution in [0.5, 0.6) is 5.75 Å². The number of nitrogen functional groups attached to an aromatic ring is 1. The molecule has 8 nitrogen and oxygen atoms in total. The molecule has 1 aliphatic rings. The monoisotopic (exact) mass is 623 g/mol. The Morgan fingerprint density at radius 2 is 1.37 bits per heavy atom. The highest BCUT2D eigenvalue weighted by Gasteiger charge is 2.27. The van der Waals surface area contributed by atoms with Crippen LogP contribution in [0.25, 0.3) is 0 Å². The number of benzene rings is 4. The molecule has 4 aromatic rings. The highest BCUT2D eigenvalue weighted by Crippen LogP contribution is 2.27. The van der Waals surface area contributed by atoms with Gasteiger partial charge in [0.25, 0.3) is 0 Å². The molecule has 1 amide bonds. The van der Waals surface area contributed by atoms with Crippen molar-refractivity contribution in [2.75, 3.05) is 30.7 Å². The van der Waals surface area contributed by atoms with Crippen molar-refractivity contribution < 1.29 is 23.8 Å². The van der Waals surface area contributed by atoms with Crippen molar-refractivity contribution >= 4 is 23.4 Å². The number of ether oxygens (including phenoxy) is 3. The lowest BCUT2D eigenvalue weighted by Gasteiger charge is -2.33. The van der Waals surface area contributed by atoms with Crippen molar-refractivity contribution in [3.8, 4) is 5.75 Å². The molecule has 46 heavy (non-hydrogen) atoms. The maximum atomic E-state index is 13.0. The minimum absolute atomic E-state index is 0.194. The number of nitrogens with zero attached hydrogens (tertiary/aromatic N) is 1. The fourth-order valence-corrected chi connectivity index (χ4v) is 4.82. The van der Waals surface area contributed by atoms with Gasteiger partial charge in [-0.2, -0.15) is 0 Å². The van der Waals surface area contributed by atoms with E-state index in [1.54, 1.807) is 11.0 Å². The lowest BCUT2D eigenvalue weighted by Crippen LogP contribution is -2.42. The van der Waals surface area contributed by atoms with Gasteiger partial charge in [0, 0.05) is 37.1 Å². The van der Waals surface area contributed by atoms with E-state index in [4.69, 9.17) is 19.9 Å². The summed E-state index contributed by atoms with van der Waals surface area (Å²) in [6.45, 7) is 8.30. The number of carbonyl (C=O) groups excluding carboxylic acids is 2. The van der Waals surface area contributed by atoms with Crippen molar-refractivity contribution in [1.82, 2.24) is 4.90 Å². The predicted octanol–water partition coefficient (Wildman–Crippen LogP) is 7.95. The minimum atomic E-state index is -0.490. The SMILES string of the molecule is CC(C)(C)OC(=O)N1CCC(CNc2ccc(C(=O)OCc3ccccc3)c(OCc3ccccc3)c2)CC1.Nc1ccccc1. The first-order chi connectivity index (χ1) is 22.2. The molecule has 0 aromatic heterocycles. The van der Waals surface area contributed by atoms with Gasteiger partial charge in [-0.1, -0.05) is 78.9 Å². The zero-order chi connectivity index (χ0) is 32.8. The van der Waals surface area contributed by atoms with Gasteiger partial charge in [-0.05, 0) is 74.9 Å². The number of rotatable bonds is 9. The van der Waals surface area contributed by atoms with Gasteiger partial charge in [-0.3, -0.25) is 0 Å². The van der Waals surface area contributed by atoms with Crippen molar-refractivity contribution in [2.24, 2.45) is 5.92 Å². The molecule has 0 unspecified atom stereocenters. The maximum absolute atomic E-state index is 13.0. The van der Waals surface area contributed by atoms with Crippen LogP contribution in [0, 0.1) is 5.92 Å². The molecule has 8 heteroatoms. The Kier molecular flexibility index (Phi) is 12.5. The zero-order valence-corrected chi connectivity index (χ0v) is 27.0. The van der Waals surface area contributed by atoms with Gasteiger partial charge in [0.05, 0.1) is 0 Å². The van der Waals surface area contributed by atoms with E-state index in [-0.39, 0.29) is 12.7 Å². The molecule has 0 saturated carbocycles. The molecule has 1 aliphatic heterocycles. The number of nitrogens with one attached hydrogen (secondary N) is 1. The van der Waals surface area contributed by atoms with E-state index in [9.17, 15) is 9.59 Å². The molecule has 1 saturated heterocycles. The lowest BCUT2D eigenvalue weighted by molar-refractivity contribution is 0.0187. The van der Waals surface area contributed by atoms with Crippen molar-refractivity contribution in [1.29, 1.82) is 0 Å².